The van der Waals surface area contributed by atoms with Crippen molar-refractivity contribution < 1.29 is 9.18 Å². The van der Waals surface area contributed by atoms with Crippen LogP contribution in [0.2, 0.25) is 0 Å². The highest BCUT2D eigenvalue weighted by Gasteiger charge is 2.20. The summed E-state index contributed by atoms with van der Waals surface area (Å²) in [6.45, 7) is 0. The summed E-state index contributed by atoms with van der Waals surface area (Å²) in [4.78, 5) is 12.9. The third-order valence-corrected chi connectivity index (χ3v) is 4.14. The summed E-state index contributed by atoms with van der Waals surface area (Å²) in [6.07, 6.45) is 1.53. The predicted octanol–water partition coefficient (Wildman–Crippen LogP) is 4.93. The van der Waals surface area contributed by atoms with E-state index in [1.165, 1.54) is 18.3 Å². The third kappa shape index (κ3) is 3.48. The van der Waals surface area contributed by atoms with E-state index in [9.17, 15) is 9.18 Å². The van der Waals surface area contributed by atoms with Gasteiger partial charge in [-0.1, -0.05) is 54.6 Å². The van der Waals surface area contributed by atoms with Gasteiger partial charge in [0, 0.05) is 11.3 Å². The number of aromatic nitrogens is 2. The highest BCUT2D eigenvalue weighted by atomic mass is 19.1. The van der Waals surface area contributed by atoms with Crippen molar-refractivity contribution in [3.05, 3.63) is 103 Å². The highest BCUT2D eigenvalue weighted by molar-refractivity contribution is 6.08. The van der Waals surface area contributed by atoms with Gasteiger partial charge in [0.25, 0.3) is 5.91 Å². The number of benzene rings is 3. The van der Waals surface area contributed by atoms with Crippen LogP contribution in [0.5, 0.6) is 0 Å². The minimum atomic E-state index is -0.406. The SMILES string of the molecule is O=C(Nc1cccc(F)c1)c1cnn(-c2ccccc2)c1-c1ccccc1. The number of carbonyl (C=O) groups is 1. The lowest BCUT2D eigenvalue weighted by Gasteiger charge is -2.10. The first-order valence-corrected chi connectivity index (χ1v) is 8.48. The topological polar surface area (TPSA) is 46.9 Å². The van der Waals surface area contributed by atoms with E-state index < -0.39 is 5.82 Å². The molecule has 4 rings (SSSR count). The fourth-order valence-corrected chi connectivity index (χ4v) is 2.92. The van der Waals surface area contributed by atoms with Gasteiger partial charge < -0.3 is 5.32 Å². The van der Waals surface area contributed by atoms with Crippen LogP contribution in [0.3, 0.4) is 0 Å². The second kappa shape index (κ2) is 7.25. The average molecular weight is 357 g/mol. The molecule has 5 heteroatoms. The molecule has 1 amide bonds. The highest BCUT2D eigenvalue weighted by Crippen LogP contribution is 2.27. The van der Waals surface area contributed by atoms with E-state index in [0.29, 0.717) is 16.9 Å². The Hall–Kier alpha value is -3.73. The van der Waals surface area contributed by atoms with Gasteiger partial charge in [-0.2, -0.15) is 5.10 Å². The number of nitrogens with one attached hydrogen (secondary N) is 1. The maximum absolute atomic E-state index is 13.4. The van der Waals surface area contributed by atoms with Crippen LogP contribution in [-0.4, -0.2) is 15.7 Å². The standard InChI is InChI=1S/C22H16FN3O/c23-17-10-7-11-18(14-17)25-22(27)20-15-24-26(19-12-5-2-6-13-19)21(20)16-8-3-1-4-9-16/h1-15H,(H,25,27). The minimum Gasteiger partial charge on any atom is -0.322 e. The smallest absolute Gasteiger partial charge is 0.259 e. The Morgan fingerprint density at radius 2 is 1.59 bits per heavy atom. The molecule has 0 aliphatic rings. The van der Waals surface area contributed by atoms with E-state index >= 15 is 0 Å². The van der Waals surface area contributed by atoms with E-state index in [4.69, 9.17) is 0 Å². The Labute approximate surface area is 155 Å². The lowest BCUT2D eigenvalue weighted by atomic mass is 10.1. The Morgan fingerprint density at radius 3 is 2.30 bits per heavy atom. The van der Waals surface area contributed by atoms with Crippen molar-refractivity contribution in [2.75, 3.05) is 5.32 Å². The van der Waals surface area contributed by atoms with Crippen LogP contribution in [0.1, 0.15) is 10.4 Å². The first-order valence-electron chi connectivity index (χ1n) is 8.48. The van der Waals surface area contributed by atoms with Gasteiger partial charge in [-0.05, 0) is 30.3 Å². The van der Waals surface area contributed by atoms with Crippen LogP contribution in [0, 0.1) is 5.82 Å². The maximum Gasteiger partial charge on any atom is 0.259 e. The van der Waals surface area contributed by atoms with Gasteiger partial charge >= 0.3 is 0 Å². The molecular weight excluding hydrogens is 341 g/mol. The first-order chi connectivity index (χ1) is 13.2. The van der Waals surface area contributed by atoms with Crippen molar-refractivity contribution in [2.24, 2.45) is 0 Å². The predicted molar refractivity (Wildman–Crippen MR) is 103 cm³/mol. The molecule has 4 aromatic rings. The number of hydrogen-bond acceptors (Lipinski definition) is 2. The van der Waals surface area contributed by atoms with Crippen molar-refractivity contribution in [2.45, 2.75) is 0 Å². The second-order valence-corrected chi connectivity index (χ2v) is 5.98. The second-order valence-electron chi connectivity index (χ2n) is 5.98. The van der Waals surface area contributed by atoms with Crippen molar-refractivity contribution in [3.63, 3.8) is 0 Å². The summed E-state index contributed by atoms with van der Waals surface area (Å²) >= 11 is 0. The van der Waals surface area contributed by atoms with E-state index in [2.05, 4.69) is 10.4 Å². The molecule has 0 bridgehead atoms. The van der Waals surface area contributed by atoms with Crippen molar-refractivity contribution in [1.82, 2.24) is 9.78 Å². The molecule has 1 aromatic heterocycles. The summed E-state index contributed by atoms with van der Waals surface area (Å²) in [5, 5.41) is 7.17. The van der Waals surface area contributed by atoms with E-state index in [0.717, 1.165) is 11.3 Å². The molecule has 3 aromatic carbocycles. The van der Waals surface area contributed by atoms with Crippen LogP contribution >= 0.6 is 0 Å². The van der Waals surface area contributed by atoms with Crippen LogP contribution < -0.4 is 5.32 Å². The molecule has 1 N–H and O–H groups in total. The number of carbonyl (C=O) groups excluding carboxylic acids is 1. The van der Waals surface area contributed by atoms with Gasteiger partial charge in [0.15, 0.2) is 0 Å². The Morgan fingerprint density at radius 1 is 0.889 bits per heavy atom. The quantitative estimate of drug-likeness (QED) is 0.563. The Kier molecular flexibility index (Phi) is 4.49. The molecule has 132 valence electrons. The van der Waals surface area contributed by atoms with Crippen LogP contribution in [0.15, 0.2) is 91.1 Å². The summed E-state index contributed by atoms with van der Waals surface area (Å²) in [6, 6.07) is 25.0. The molecule has 0 fully saturated rings. The lowest BCUT2D eigenvalue weighted by Crippen LogP contribution is -2.13. The van der Waals surface area contributed by atoms with Crippen LogP contribution in [0.4, 0.5) is 10.1 Å². The maximum atomic E-state index is 13.4. The molecule has 1 heterocycles. The zero-order valence-corrected chi connectivity index (χ0v) is 14.3. The normalized spacial score (nSPS) is 10.6. The molecule has 0 saturated carbocycles. The summed E-state index contributed by atoms with van der Waals surface area (Å²) < 4.78 is 15.2. The molecular formula is C22H16FN3O. The first kappa shape index (κ1) is 16.7. The molecule has 0 aliphatic carbocycles. The fraction of sp³-hybridized carbons (Fsp3) is 0. The number of nitrogens with zero attached hydrogens (tertiary/aromatic N) is 2. The number of amides is 1. The van der Waals surface area contributed by atoms with Crippen LogP contribution in [0.25, 0.3) is 16.9 Å². The molecule has 0 radical (unpaired) electrons. The zero-order valence-electron chi connectivity index (χ0n) is 14.3. The largest absolute Gasteiger partial charge is 0.322 e. The van der Waals surface area contributed by atoms with Gasteiger partial charge in [-0.15, -0.1) is 0 Å². The summed E-state index contributed by atoms with van der Waals surface area (Å²) in [5.41, 5.74) is 3.20. The van der Waals surface area contributed by atoms with Crippen molar-refractivity contribution >= 4 is 11.6 Å². The molecule has 0 unspecified atom stereocenters. The van der Waals surface area contributed by atoms with Crippen LogP contribution in [-0.2, 0) is 0 Å². The van der Waals surface area contributed by atoms with Crippen molar-refractivity contribution in [1.29, 1.82) is 0 Å². The molecule has 0 saturated heterocycles. The number of rotatable bonds is 4. The lowest BCUT2D eigenvalue weighted by molar-refractivity contribution is 0.102. The third-order valence-electron chi connectivity index (χ3n) is 4.14. The molecule has 0 aliphatic heterocycles. The summed E-state index contributed by atoms with van der Waals surface area (Å²) in [5.74, 6) is -0.752. The Bertz CT molecular complexity index is 1080. The molecule has 4 nitrogen and oxygen atoms in total. The average Bonchev–Trinajstić information content (AvgIpc) is 3.15. The number of para-hydroxylation sites is 1. The van der Waals surface area contributed by atoms with E-state index in [1.54, 1.807) is 16.8 Å². The number of hydrogen-bond donors (Lipinski definition) is 1. The number of anilines is 1. The number of halogens is 1. The molecule has 27 heavy (non-hydrogen) atoms. The van der Waals surface area contributed by atoms with Gasteiger partial charge in [0.2, 0.25) is 0 Å². The van der Waals surface area contributed by atoms with Gasteiger partial charge in [0.1, 0.15) is 5.82 Å². The van der Waals surface area contributed by atoms with Gasteiger partial charge in [-0.25, -0.2) is 9.07 Å². The van der Waals surface area contributed by atoms with E-state index in [1.807, 2.05) is 60.7 Å². The van der Waals surface area contributed by atoms with Gasteiger partial charge in [0.05, 0.1) is 23.1 Å². The minimum absolute atomic E-state index is 0.346. The molecule has 0 atom stereocenters. The Balaban J connectivity index is 1.79. The monoisotopic (exact) mass is 357 g/mol. The van der Waals surface area contributed by atoms with Crippen molar-refractivity contribution in [3.8, 4) is 16.9 Å². The van der Waals surface area contributed by atoms with Gasteiger partial charge in [-0.3, -0.25) is 4.79 Å². The van der Waals surface area contributed by atoms with E-state index in [-0.39, 0.29) is 5.91 Å². The zero-order chi connectivity index (χ0) is 18.6. The fourth-order valence-electron chi connectivity index (χ4n) is 2.92. The summed E-state index contributed by atoms with van der Waals surface area (Å²) in [7, 11) is 0. The molecule has 0 spiro atoms.